The number of hydrogen-bond acceptors (Lipinski definition) is 14. The first-order chi connectivity index (χ1) is 31.7. The summed E-state index contributed by atoms with van der Waals surface area (Å²) in [6.45, 7) is 12.0. The minimum absolute atomic E-state index is 0.0502. The molecule has 15 heteroatoms. The second-order valence-corrected chi connectivity index (χ2v) is 19.1. The van der Waals surface area contributed by atoms with E-state index in [1.165, 1.54) is 26.0 Å². The van der Waals surface area contributed by atoms with Crippen molar-refractivity contribution in [3.63, 3.8) is 0 Å². The van der Waals surface area contributed by atoms with Crippen LogP contribution in [0.5, 0.6) is 0 Å². The largest absolute Gasteiger partial charge is 0.456 e. The van der Waals surface area contributed by atoms with Crippen LogP contribution in [0.4, 0.5) is 0 Å². The first-order valence-corrected chi connectivity index (χ1v) is 22.9. The van der Waals surface area contributed by atoms with Crippen molar-refractivity contribution in [1.29, 1.82) is 0 Å². The number of hydrogen-bond donors (Lipinski definition) is 3. The summed E-state index contributed by atoms with van der Waals surface area (Å²) in [6.07, 6.45) is -9.01. The molecule has 2 saturated carbocycles. The fourth-order valence-electron chi connectivity index (χ4n) is 11.0. The Morgan fingerprint density at radius 2 is 1.45 bits per heavy atom. The third kappa shape index (κ3) is 8.82. The molecule has 0 aromatic heterocycles. The fourth-order valence-corrected chi connectivity index (χ4v) is 11.0. The van der Waals surface area contributed by atoms with Gasteiger partial charge in [0, 0.05) is 37.7 Å². The molecule has 1 saturated heterocycles. The van der Waals surface area contributed by atoms with Gasteiger partial charge in [-0.15, -0.1) is 0 Å². The van der Waals surface area contributed by atoms with Crippen molar-refractivity contribution >= 4 is 35.6 Å². The Morgan fingerprint density at radius 3 is 2.00 bits per heavy atom. The lowest BCUT2D eigenvalue weighted by Crippen LogP contribution is -2.82. The third-order valence-electron chi connectivity index (χ3n) is 14.5. The van der Waals surface area contributed by atoms with Gasteiger partial charge < -0.3 is 44.0 Å². The molecule has 3 N–H and O–H groups in total. The summed E-state index contributed by atoms with van der Waals surface area (Å²) in [6, 6.07) is 24.1. The molecule has 0 spiro atoms. The Hall–Kier alpha value is -5.74. The molecule has 358 valence electrons. The van der Waals surface area contributed by atoms with Crippen LogP contribution in [0, 0.1) is 16.7 Å². The number of benzene rings is 3. The number of rotatable bonds is 14. The second-order valence-electron chi connectivity index (χ2n) is 19.1. The molecule has 2 bridgehead atoms. The Labute approximate surface area is 390 Å². The fraction of sp³-hybridized carbons (Fsp3) is 0.500. The number of nitrogens with one attached hydrogen (secondary N) is 1. The van der Waals surface area contributed by atoms with Crippen molar-refractivity contribution in [2.75, 3.05) is 6.61 Å². The highest BCUT2D eigenvalue weighted by Crippen LogP contribution is 2.64. The minimum atomic E-state index is -2.36. The van der Waals surface area contributed by atoms with Gasteiger partial charge in [-0.3, -0.25) is 19.2 Å². The van der Waals surface area contributed by atoms with Gasteiger partial charge in [0.25, 0.3) is 5.91 Å². The van der Waals surface area contributed by atoms with Gasteiger partial charge >= 0.3 is 23.9 Å². The lowest BCUT2D eigenvalue weighted by Gasteiger charge is -2.67. The van der Waals surface area contributed by atoms with Crippen molar-refractivity contribution in [1.82, 2.24) is 5.32 Å². The normalized spacial score (nSPS) is 30.9. The van der Waals surface area contributed by atoms with Crippen LogP contribution >= 0.6 is 0 Å². The smallest absolute Gasteiger partial charge is 0.338 e. The predicted octanol–water partition coefficient (Wildman–Crippen LogP) is 5.95. The molecule has 0 radical (unpaired) electrons. The highest BCUT2D eigenvalue weighted by molar-refractivity contribution is 5.96. The molecule has 15 nitrogen and oxygen atoms in total. The van der Waals surface area contributed by atoms with Gasteiger partial charge in [-0.25, -0.2) is 9.59 Å². The predicted molar refractivity (Wildman–Crippen MR) is 241 cm³/mol. The van der Waals surface area contributed by atoms with Crippen LogP contribution in [0.25, 0.3) is 0 Å². The molecule has 12 atom stereocenters. The number of carbonyl (C=O) groups excluding carboxylic acids is 6. The van der Waals surface area contributed by atoms with Crippen LogP contribution in [0.15, 0.2) is 102 Å². The second kappa shape index (κ2) is 19.1. The maximum absolute atomic E-state index is 15.7. The van der Waals surface area contributed by atoms with Gasteiger partial charge in [-0.2, -0.15) is 0 Å². The van der Waals surface area contributed by atoms with E-state index in [4.69, 9.17) is 28.4 Å². The quantitative estimate of drug-likeness (QED) is 0.0970. The summed E-state index contributed by atoms with van der Waals surface area (Å²) in [5.41, 5.74) is -6.56. The molecule has 4 aliphatic rings. The average Bonchev–Trinajstić information content (AvgIpc) is 3.29. The highest BCUT2D eigenvalue weighted by Gasteiger charge is 2.78. The summed E-state index contributed by atoms with van der Waals surface area (Å²) in [5, 5.41) is 29.1. The zero-order valence-corrected chi connectivity index (χ0v) is 39.2. The van der Waals surface area contributed by atoms with Crippen LogP contribution in [-0.2, 0) is 47.6 Å². The Morgan fingerprint density at radius 1 is 0.851 bits per heavy atom. The Balaban J connectivity index is 1.42. The van der Waals surface area contributed by atoms with Crippen LogP contribution in [0.3, 0.4) is 0 Å². The Kier molecular flexibility index (Phi) is 14.0. The molecule has 1 heterocycles. The summed E-state index contributed by atoms with van der Waals surface area (Å²) >= 11 is 0. The summed E-state index contributed by atoms with van der Waals surface area (Å²) < 4.78 is 37.6. The number of amides is 1. The number of fused-ring (bicyclic) bond motifs is 5. The molecule has 3 aliphatic carbocycles. The van der Waals surface area contributed by atoms with Crippen molar-refractivity contribution in [3.05, 3.63) is 119 Å². The van der Waals surface area contributed by atoms with Gasteiger partial charge in [0.2, 0.25) is 0 Å². The molecule has 1 amide bonds. The summed E-state index contributed by atoms with van der Waals surface area (Å²) in [5.74, 6) is -6.33. The van der Waals surface area contributed by atoms with Crippen molar-refractivity contribution in [3.8, 4) is 0 Å². The van der Waals surface area contributed by atoms with E-state index in [2.05, 4.69) is 5.32 Å². The SMILES string of the molecule is CCCC(C)O[C@@H](C(=O)O[C@H]1C[C@@]2(O)[C@@H](OC(=O)c3ccccc3)[C@@H]3[C@]4(OC(C)=O)CO[C@@H]4C[C@H](O)[C@@]3(C)C(=O)[C@H](OC(C)=O)C(=C1C)C2(C)C)[C@@H](NC(=O)c1ccccc1)c1ccccc1. The monoisotopic (exact) mass is 923 g/mol. The maximum atomic E-state index is 15.7. The molecule has 7 rings (SSSR count). The third-order valence-corrected chi connectivity index (χ3v) is 14.5. The number of esters is 4. The number of Topliss-reactive ketones (excluding diaryl/α,β-unsaturated/α-hetero) is 1. The topological polar surface area (TPSA) is 210 Å². The lowest BCUT2D eigenvalue weighted by atomic mass is 9.44. The van der Waals surface area contributed by atoms with Crippen molar-refractivity contribution in [2.45, 2.75) is 141 Å². The van der Waals surface area contributed by atoms with Crippen LogP contribution < -0.4 is 5.32 Å². The first-order valence-electron chi connectivity index (χ1n) is 22.9. The number of ketones is 1. The van der Waals surface area contributed by atoms with Gasteiger partial charge in [0.05, 0.1) is 41.8 Å². The Bertz CT molecular complexity index is 2390. The molecule has 67 heavy (non-hydrogen) atoms. The minimum Gasteiger partial charge on any atom is -0.456 e. The molecule has 3 aromatic carbocycles. The number of aliphatic hydroxyl groups is 2. The van der Waals surface area contributed by atoms with Crippen molar-refractivity contribution in [2.24, 2.45) is 16.7 Å². The first kappa shape index (κ1) is 49.2. The van der Waals surface area contributed by atoms with Crippen molar-refractivity contribution < 1.29 is 67.4 Å². The van der Waals surface area contributed by atoms with Gasteiger partial charge in [-0.1, -0.05) is 93.9 Å². The van der Waals surface area contributed by atoms with Crippen LogP contribution in [-0.4, -0.2) is 106 Å². The van der Waals surface area contributed by atoms with E-state index >= 15 is 9.59 Å². The molecular formula is C52H61NO14. The van der Waals surface area contributed by atoms with E-state index in [-0.39, 0.29) is 29.7 Å². The van der Waals surface area contributed by atoms with E-state index < -0.39 is 119 Å². The van der Waals surface area contributed by atoms with Crippen LogP contribution in [0.2, 0.25) is 0 Å². The number of carbonyl (C=O) groups is 6. The average molecular weight is 924 g/mol. The highest BCUT2D eigenvalue weighted by atomic mass is 16.6. The van der Waals surface area contributed by atoms with Gasteiger partial charge in [0.15, 0.2) is 23.6 Å². The number of ether oxygens (including phenoxy) is 6. The van der Waals surface area contributed by atoms with E-state index in [0.29, 0.717) is 24.0 Å². The van der Waals surface area contributed by atoms with E-state index in [1.807, 2.05) is 6.92 Å². The van der Waals surface area contributed by atoms with Gasteiger partial charge in [0.1, 0.15) is 23.9 Å². The zero-order chi connectivity index (χ0) is 48.6. The summed E-state index contributed by atoms with van der Waals surface area (Å²) in [4.78, 5) is 85.5. The molecular weight excluding hydrogens is 863 g/mol. The molecule has 3 fully saturated rings. The van der Waals surface area contributed by atoms with E-state index in [9.17, 15) is 29.4 Å². The maximum Gasteiger partial charge on any atom is 0.338 e. The van der Waals surface area contributed by atoms with E-state index in [1.54, 1.807) is 107 Å². The molecule has 1 aliphatic heterocycles. The number of aliphatic hydroxyl groups excluding tert-OH is 1. The standard InChI is InChI=1S/C52H61NO14/c1-9-19-29(2)63-42(40(33-20-13-10-14-21-33)53-46(58)34-22-15-11-16-23-34)48(60)65-36-27-52(61)45(66-47(59)35-24-17-12-18-25-35)43-50(8,37(56)26-38-51(43,28-62-38)67-32(5)55)44(57)41(64-31(4)54)39(30(36)3)49(52,6)7/h10-18,20-25,29,36-38,40-43,45,56,61H,9,19,26-28H2,1-8H3,(H,53,58)/t29?,36-,37-,38+,40-,41+,42+,43-,45-,50+,51-,52+/m0/s1. The molecule has 3 aromatic rings. The van der Waals surface area contributed by atoms with Crippen LogP contribution in [0.1, 0.15) is 113 Å². The van der Waals surface area contributed by atoms with Gasteiger partial charge in [-0.05, 0) is 68.2 Å². The van der Waals surface area contributed by atoms with E-state index in [0.717, 1.165) is 6.92 Å². The lowest BCUT2D eigenvalue weighted by molar-refractivity contribution is -0.346. The summed E-state index contributed by atoms with van der Waals surface area (Å²) in [7, 11) is 0. The zero-order valence-electron chi connectivity index (χ0n) is 39.2. The molecule has 1 unspecified atom stereocenters.